The summed E-state index contributed by atoms with van der Waals surface area (Å²) in [6.45, 7) is 3.75. The van der Waals surface area contributed by atoms with E-state index < -0.39 is 11.6 Å². The van der Waals surface area contributed by atoms with Crippen LogP contribution in [-0.4, -0.2) is 56.7 Å². The van der Waals surface area contributed by atoms with Gasteiger partial charge in [0.25, 0.3) is 0 Å². The predicted molar refractivity (Wildman–Crippen MR) is 87.5 cm³/mol. The van der Waals surface area contributed by atoms with Crippen LogP contribution in [0.3, 0.4) is 0 Å². The van der Waals surface area contributed by atoms with Crippen LogP contribution in [0.25, 0.3) is 0 Å². The number of nitrogens with zero attached hydrogens (tertiary/aromatic N) is 1. The van der Waals surface area contributed by atoms with Gasteiger partial charge < -0.3 is 15.4 Å². The highest BCUT2D eigenvalue weighted by Gasteiger charge is 2.20. The second-order valence-corrected chi connectivity index (χ2v) is 6.04. The summed E-state index contributed by atoms with van der Waals surface area (Å²) in [6, 6.07) is 4.18. The van der Waals surface area contributed by atoms with Gasteiger partial charge in [-0.2, -0.15) is 0 Å². The normalized spacial score (nSPS) is 16.3. The SMILES string of the molecule is COCCNCC(=O)NC1CCN(Cc2ccc(F)c(F)c2)CC1. The molecular weight excluding hydrogens is 316 g/mol. The number of likely N-dealkylation sites (tertiary alicyclic amines) is 1. The van der Waals surface area contributed by atoms with Gasteiger partial charge in [-0.1, -0.05) is 6.07 Å². The number of methoxy groups -OCH3 is 1. The fourth-order valence-corrected chi connectivity index (χ4v) is 2.79. The second kappa shape index (κ2) is 9.66. The lowest BCUT2D eigenvalue weighted by Crippen LogP contribution is -2.46. The molecule has 1 aromatic rings. The Morgan fingerprint density at radius 3 is 2.71 bits per heavy atom. The number of carbonyl (C=O) groups excluding carboxylic acids is 1. The van der Waals surface area contributed by atoms with E-state index in [1.165, 1.54) is 6.07 Å². The van der Waals surface area contributed by atoms with Crippen molar-refractivity contribution in [1.82, 2.24) is 15.5 Å². The maximum absolute atomic E-state index is 13.2. The molecule has 1 heterocycles. The lowest BCUT2D eigenvalue weighted by Gasteiger charge is -2.32. The first-order chi connectivity index (χ1) is 11.6. The molecule has 1 aliphatic rings. The van der Waals surface area contributed by atoms with Gasteiger partial charge >= 0.3 is 0 Å². The molecule has 0 radical (unpaired) electrons. The predicted octanol–water partition coefficient (Wildman–Crippen LogP) is 1.28. The lowest BCUT2D eigenvalue weighted by molar-refractivity contribution is -0.121. The van der Waals surface area contributed by atoms with Crippen LogP contribution in [0, 0.1) is 11.6 Å². The molecule has 2 rings (SSSR count). The largest absolute Gasteiger partial charge is 0.383 e. The highest BCUT2D eigenvalue weighted by atomic mass is 19.2. The van der Waals surface area contributed by atoms with Crippen molar-refractivity contribution < 1.29 is 18.3 Å². The van der Waals surface area contributed by atoms with E-state index in [4.69, 9.17) is 4.74 Å². The Morgan fingerprint density at radius 1 is 1.29 bits per heavy atom. The van der Waals surface area contributed by atoms with Crippen LogP contribution < -0.4 is 10.6 Å². The Labute approximate surface area is 141 Å². The van der Waals surface area contributed by atoms with Crippen LogP contribution in [0.5, 0.6) is 0 Å². The fourth-order valence-electron chi connectivity index (χ4n) is 2.79. The quantitative estimate of drug-likeness (QED) is 0.700. The van der Waals surface area contributed by atoms with Gasteiger partial charge in [-0.3, -0.25) is 9.69 Å². The maximum atomic E-state index is 13.2. The van der Waals surface area contributed by atoms with Gasteiger partial charge in [0, 0.05) is 39.3 Å². The van der Waals surface area contributed by atoms with Gasteiger partial charge in [-0.15, -0.1) is 0 Å². The second-order valence-electron chi connectivity index (χ2n) is 6.04. The lowest BCUT2D eigenvalue weighted by atomic mass is 10.0. The number of hydrogen-bond donors (Lipinski definition) is 2. The summed E-state index contributed by atoms with van der Waals surface area (Å²) in [7, 11) is 1.62. The van der Waals surface area contributed by atoms with E-state index in [-0.39, 0.29) is 11.9 Å². The van der Waals surface area contributed by atoms with Crippen molar-refractivity contribution in [2.24, 2.45) is 0 Å². The highest BCUT2D eigenvalue weighted by Crippen LogP contribution is 2.15. The summed E-state index contributed by atoms with van der Waals surface area (Å²) in [5, 5.41) is 6.03. The zero-order valence-corrected chi connectivity index (χ0v) is 14.0. The molecule has 134 valence electrons. The number of hydrogen-bond acceptors (Lipinski definition) is 4. The summed E-state index contributed by atoms with van der Waals surface area (Å²) in [6.07, 6.45) is 1.71. The molecule has 0 saturated carbocycles. The third-order valence-electron chi connectivity index (χ3n) is 4.11. The van der Waals surface area contributed by atoms with Crippen molar-refractivity contribution in [2.75, 3.05) is 39.9 Å². The van der Waals surface area contributed by atoms with Gasteiger partial charge in [0.2, 0.25) is 5.91 Å². The summed E-state index contributed by atoms with van der Waals surface area (Å²) in [5.74, 6) is -1.64. The van der Waals surface area contributed by atoms with Gasteiger partial charge in [0.1, 0.15) is 0 Å². The number of halogens is 2. The Kier molecular flexibility index (Phi) is 7.55. The molecular formula is C17H25F2N3O2. The average Bonchev–Trinajstić information content (AvgIpc) is 2.57. The number of ether oxygens (including phenoxy) is 1. The molecule has 1 fully saturated rings. The number of piperidine rings is 1. The van der Waals surface area contributed by atoms with Crippen molar-refractivity contribution in [2.45, 2.75) is 25.4 Å². The van der Waals surface area contributed by atoms with Crippen LogP contribution in [0.1, 0.15) is 18.4 Å². The summed E-state index contributed by atoms with van der Waals surface area (Å²) < 4.78 is 31.1. The Bertz CT molecular complexity index is 535. The zero-order valence-electron chi connectivity index (χ0n) is 14.0. The van der Waals surface area contributed by atoms with Crippen LogP contribution in [0.4, 0.5) is 8.78 Å². The topological polar surface area (TPSA) is 53.6 Å². The molecule has 24 heavy (non-hydrogen) atoms. The fraction of sp³-hybridized carbons (Fsp3) is 0.588. The van der Waals surface area contributed by atoms with Crippen LogP contribution >= 0.6 is 0 Å². The van der Waals surface area contributed by atoms with E-state index >= 15 is 0 Å². The van der Waals surface area contributed by atoms with E-state index in [1.54, 1.807) is 13.2 Å². The molecule has 0 bridgehead atoms. The van der Waals surface area contributed by atoms with Crippen molar-refractivity contribution in [3.63, 3.8) is 0 Å². The molecule has 1 saturated heterocycles. The molecule has 1 aliphatic heterocycles. The van der Waals surface area contributed by atoms with Crippen molar-refractivity contribution in [3.05, 3.63) is 35.4 Å². The number of benzene rings is 1. The van der Waals surface area contributed by atoms with E-state index in [0.717, 1.165) is 37.6 Å². The minimum absolute atomic E-state index is 0.00911. The molecule has 1 amide bonds. The van der Waals surface area contributed by atoms with Crippen LogP contribution in [-0.2, 0) is 16.1 Å². The molecule has 0 aliphatic carbocycles. The highest BCUT2D eigenvalue weighted by molar-refractivity contribution is 5.78. The number of amides is 1. The number of carbonyl (C=O) groups is 1. The van der Waals surface area contributed by atoms with Gasteiger partial charge in [0.05, 0.1) is 13.2 Å². The van der Waals surface area contributed by atoms with E-state index in [0.29, 0.717) is 26.2 Å². The van der Waals surface area contributed by atoms with Gasteiger partial charge in [-0.25, -0.2) is 8.78 Å². The first-order valence-corrected chi connectivity index (χ1v) is 8.24. The molecule has 1 aromatic carbocycles. The molecule has 5 nitrogen and oxygen atoms in total. The monoisotopic (exact) mass is 341 g/mol. The summed E-state index contributed by atoms with van der Waals surface area (Å²) in [5.41, 5.74) is 0.763. The Balaban J connectivity index is 1.67. The molecule has 0 aromatic heterocycles. The third kappa shape index (κ3) is 6.14. The first kappa shape index (κ1) is 18.8. The summed E-state index contributed by atoms with van der Waals surface area (Å²) in [4.78, 5) is 14.0. The molecule has 7 heteroatoms. The first-order valence-electron chi connectivity index (χ1n) is 8.24. The van der Waals surface area contributed by atoms with E-state index in [2.05, 4.69) is 15.5 Å². The average molecular weight is 341 g/mol. The molecule has 2 N–H and O–H groups in total. The Morgan fingerprint density at radius 2 is 2.04 bits per heavy atom. The van der Waals surface area contributed by atoms with Gasteiger partial charge in [0.15, 0.2) is 11.6 Å². The molecule has 0 unspecified atom stereocenters. The third-order valence-corrected chi connectivity index (χ3v) is 4.11. The summed E-state index contributed by atoms with van der Waals surface area (Å²) >= 11 is 0. The van der Waals surface area contributed by atoms with Gasteiger partial charge in [-0.05, 0) is 30.5 Å². The van der Waals surface area contributed by atoms with Crippen LogP contribution in [0.2, 0.25) is 0 Å². The van der Waals surface area contributed by atoms with Crippen molar-refractivity contribution in [3.8, 4) is 0 Å². The van der Waals surface area contributed by atoms with E-state index in [1.807, 2.05) is 0 Å². The van der Waals surface area contributed by atoms with Crippen LogP contribution in [0.15, 0.2) is 18.2 Å². The smallest absolute Gasteiger partial charge is 0.234 e. The van der Waals surface area contributed by atoms with Crippen molar-refractivity contribution in [1.29, 1.82) is 0 Å². The van der Waals surface area contributed by atoms with Crippen molar-refractivity contribution >= 4 is 5.91 Å². The number of nitrogens with one attached hydrogen (secondary N) is 2. The number of rotatable bonds is 8. The zero-order chi connectivity index (χ0) is 17.4. The van der Waals surface area contributed by atoms with E-state index in [9.17, 15) is 13.6 Å². The maximum Gasteiger partial charge on any atom is 0.234 e. The minimum Gasteiger partial charge on any atom is -0.383 e. The Hall–Kier alpha value is -1.57. The molecule has 0 spiro atoms. The standard InChI is InChI=1S/C17H25F2N3O2/c1-24-9-6-20-11-17(23)21-14-4-7-22(8-5-14)12-13-2-3-15(18)16(19)10-13/h2-3,10,14,20H,4-9,11-12H2,1H3,(H,21,23). The minimum atomic E-state index is -0.820. The molecule has 0 atom stereocenters.